The summed E-state index contributed by atoms with van der Waals surface area (Å²) in [7, 11) is -4.09. The Bertz CT molecular complexity index is 178. The van der Waals surface area contributed by atoms with Crippen molar-refractivity contribution < 1.29 is 17.2 Å². The first-order chi connectivity index (χ1) is 3.42. The van der Waals surface area contributed by atoms with Crippen molar-refractivity contribution in [1.29, 1.82) is 0 Å². The van der Waals surface area contributed by atoms with E-state index in [9.17, 15) is 17.2 Å². The van der Waals surface area contributed by atoms with Gasteiger partial charge in [-0.15, -0.1) is 4.13 Å². The lowest BCUT2D eigenvalue weighted by Crippen LogP contribution is -2.31. The lowest BCUT2D eigenvalue weighted by molar-refractivity contribution is 0.530. The zero-order valence-corrected chi connectivity index (χ0v) is 5.16. The molecule has 6 nitrogen and oxygen atoms in total. The molecule has 0 heterocycles. The molecule has 0 saturated carbocycles. The smallest absolute Gasteiger partial charge is 0.284 e. The molecule has 0 radical (unpaired) electrons. The Morgan fingerprint density at radius 3 is 2.00 bits per heavy atom. The fourth-order valence-electron chi connectivity index (χ4n) is 0.0948. The van der Waals surface area contributed by atoms with Crippen LogP contribution in [0.4, 0.5) is 0 Å². The quantitative estimate of drug-likeness (QED) is 0.436. The van der Waals surface area contributed by atoms with E-state index in [2.05, 4.69) is 5.14 Å². The van der Waals surface area contributed by atoms with Crippen LogP contribution in [-0.4, -0.2) is 17.2 Å². The second-order valence-corrected chi connectivity index (χ2v) is 3.09. The molecule has 0 aromatic rings. The topological polar surface area (TPSA) is 112 Å². The molecular formula is H3N2O4S2-. The van der Waals surface area contributed by atoms with E-state index < -0.39 is 21.5 Å². The minimum atomic E-state index is -4.09. The molecule has 0 amide bonds. The van der Waals surface area contributed by atoms with Crippen LogP contribution in [0.2, 0.25) is 0 Å². The molecule has 0 rings (SSSR count). The second-order valence-electron chi connectivity index (χ2n) is 0.863. The van der Waals surface area contributed by atoms with Gasteiger partial charge in [-0.2, -0.15) is 8.42 Å². The molecule has 0 aliphatic carbocycles. The average Bonchev–Trinajstić information content (AvgIpc) is 1.21. The fraction of sp³-hybridized carbons (Fsp3) is 0. The molecule has 0 aromatic heterocycles. The molecule has 1 unspecified atom stereocenters. The van der Waals surface area contributed by atoms with Crippen molar-refractivity contribution in [1.82, 2.24) is 4.13 Å². The molecule has 50 valence electrons. The van der Waals surface area contributed by atoms with E-state index in [-0.39, 0.29) is 0 Å². The molecule has 3 N–H and O–H groups in total. The average molecular weight is 159 g/mol. The maximum atomic E-state index is 9.72. The number of hydrogen-bond acceptors (Lipinski definition) is 4. The highest BCUT2D eigenvalue weighted by Crippen LogP contribution is 1.66. The van der Waals surface area contributed by atoms with Gasteiger partial charge in [0.05, 0.1) is 0 Å². The predicted octanol–water partition coefficient (Wildman–Crippen LogP) is -2.43. The first-order valence-corrected chi connectivity index (χ1v) is 3.93. The third kappa shape index (κ3) is 5.98. The Morgan fingerprint density at radius 2 is 2.00 bits per heavy atom. The Kier molecular flexibility index (Phi) is 2.50. The van der Waals surface area contributed by atoms with Crippen molar-refractivity contribution in [3.05, 3.63) is 0 Å². The highest BCUT2D eigenvalue weighted by molar-refractivity contribution is 7.98. The summed E-state index contributed by atoms with van der Waals surface area (Å²) in [6.45, 7) is 0. The van der Waals surface area contributed by atoms with Crippen LogP contribution < -0.4 is 9.27 Å². The van der Waals surface area contributed by atoms with Crippen LogP contribution in [0.5, 0.6) is 0 Å². The minimum Gasteiger partial charge on any atom is -0.759 e. The SMILES string of the molecule is NS(=O)(=O)NS(=O)[O-]. The number of nitrogens with two attached hydrogens (primary N) is 1. The van der Waals surface area contributed by atoms with E-state index >= 15 is 0 Å². The zero-order chi connectivity index (χ0) is 6.78. The molecule has 0 fully saturated rings. The summed E-state index contributed by atoms with van der Waals surface area (Å²) >= 11 is -2.85. The van der Waals surface area contributed by atoms with Gasteiger partial charge >= 0.3 is 0 Å². The zero-order valence-electron chi connectivity index (χ0n) is 3.53. The Hall–Kier alpha value is -0.0200. The summed E-state index contributed by atoms with van der Waals surface area (Å²) in [5, 5.41) is 4.20. The van der Waals surface area contributed by atoms with Gasteiger partial charge in [0, 0.05) is 11.3 Å². The highest BCUT2D eigenvalue weighted by atomic mass is 32.3. The van der Waals surface area contributed by atoms with Gasteiger partial charge in [-0.05, 0) is 0 Å². The number of rotatable bonds is 2. The van der Waals surface area contributed by atoms with Crippen LogP contribution in [0, 0.1) is 0 Å². The second kappa shape index (κ2) is 2.51. The van der Waals surface area contributed by atoms with Crippen molar-refractivity contribution in [3.8, 4) is 0 Å². The van der Waals surface area contributed by atoms with E-state index in [0.29, 0.717) is 0 Å². The third-order valence-corrected chi connectivity index (χ3v) is 1.66. The summed E-state index contributed by atoms with van der Waals surface area (Å²) in [6, 6.07) is 0. The van der Waals surface area contributed by atoms with E-state index in [1.54, 1.807) is 0 Å². The molecule has 8 heavy (non-hydrogen) atoms. The molecule has 0 saturated heterocycles. The molecular weight excluding hydrogens is 156 g/mol. The van der Waals surface area contributed by atoms with Gasteiger partial charge in [-0.3, -0.25) is 4.21 Å². The molecule has 0 bridgehead atoms. The Morgan fingerprint density at radius 1 is 1.62 bits per heavy atom. The number of nitrogens with one attached hydrogen (secondary N) is 1. The van der Waals surface area contributed by atoms with Gasteiger partial charge in [0.1, 0.15) is 0 Å². The van der Waals surface area contributed by atoms with Crippen molar-refractivity contribution >= 4 is 21.5 Å². The standard InChI is InChI=1S/H4N2O4S2/c1-8(5,6)2-7(3)4/h2H,(H,3,4)(H2,1,5,6)/p-1. The van der Waals surface area contributed by atoms with Crippen LogP contribution in [-0.2, 0) is 21.5 Å². The van der Waals surface area contributed by atoms with Crippen molar-refractivity contribution in [2.75, 3.05) is 0 Å². The van der Waals surface area contributed by atoms with Crippen LogP contribution in [0.1, 0.15) is 0 Å². The van der Waals surface area contributed by atoms with Gasteiger partial charge in [0.25, 0.3) is 10.2 Å². The molecule has 8 heteroatoms. The van der Waals surface area contributed by atoms with Crippen molar-refractivity contribution in [3.63, 3.8) is 0 Å². The first-order valence-electron chi connectivity index (χ1n) is 1.31. The molecule has 1 atom stereocenters. The van der Waals surface area contributed by atoms with Crippen LogP contribution in [0.25, 0.3) is 0 Å². The summed E-state index contributed by atoms with van der Waals surface area (Å²) in [5.74, 6) is 0. The monoisotopic (exact) mass is 159 g/mol. The summed E-state index contributed by atoms with van der Waals surface area (Å²) in [4.78, 5) is 0. The van der Waals surface area contributed by atoms with Crippen LogP contribution in [0.3, 0.4) is 0 Å². The normalized spacial score (nSPS) is 15.8. The number of hydrogen-bond donors (Lipinski definition) is 2. The maximum Gasteiger partial charge on any atom is 0.284 e. The predicted molar refractivity (Wildman–Crippen MR) is 25.2 cm³/mol. The highest BCUT2D eigenvalue weighted by Gasteiger charge is 1.96. The van der Waals surface area contributed by atoms with Crippen LogP contribution in [0.15, 0.2) is 0 Å². The van der Waals surface area contributed by atoms with Crippen molar-refractivity contribution in [2.24, 2.45) is 5.14 Å². The molecule has 0 aromatic carbocycles. The van der Waals surface area contributed by atoms with Gasteiger partial charge in [0.2, 0.25) is 0 Å². The van der Waals surface area contributed by atoms with E-state index in [0.717, 1.165) is 4.13 Å². The molecule has 0 spiro atoms. The minimum absolute atomic E-state index is 1.05. The van der Waals surface area contributed by atoms with Crippen molar-refractivity contribution in [2.45, 2.75) is 0 Å². The summed E-state index contributed by atoms with van der Waals surface area (Å²) in [6.07, 6.45) is 0. The molecule has 0 aliphatic heterocycles. The largest absolute Gasteiger partial charge is 0.759 e. The first kappa shape index (κ1) is 7.98. The van der Waals surface area contributed by atoms with Gasteiger partial charge in [-0.25, -0.2) is 5.14 Å². The summed E-state index contributed by atoms with van der Waals surface area (Å²) < 4.78 is 39.4. The van der Waals surface area contributed by atoms with Gasteiger partial charge in [-0.1, -0.05) is 0 Å². The van der Waals surface area contributed by atoms with Crippen LogP contribution >= 0.6 is 0 Å². The third-order valence-electron chi connectivity index (χ3n) is 0.184. The van der Waals surface area contributed by atoms with Gasteiger partial charge < -0.3 is 4.55 Å². The van der Waals surface area contributed by atoms with E-state index in [1.807, 2.05) is 0 Å². The fourth-order valence-corrected chi connectivity index (χ4v) is 0.854. The Balaban J connectivity index is 3.95. The Labute approximate surface area is 48.7 Å². The summed E-state index contributed by atoms with van der Waals surface area (Å²) in [5.41, 5.74) is 0. The lowest BCUT2D eigenvalue weighted by atomic mass is 13.9. The molecule has 0 aliphatic rings. The maximum absolute atomic E-state index is 9.72. The van der Waals surface area contributed by atoms with E-state index in [1.165, 1.54) is 0 Å². The lowest BCUT2D eigenvalue weighted by Gasteiger charge is -2.01. The van der Waals surface area contributed by atoms with Gasteiger partial charge in [0.15, 0.2) is 0 Å². The van der Waals surface area contributed by atoms with E-state index in [4.69, 9.17) is 0 Å².